The van der Waals surface area contributed by atoms with Gasteiger partial charge in [-0.05, 0) is 41.9 Å². The van der Waals surface area contributed by atoms with Crippen molar-refractivity contribution in [3.05, 3.63) is 15.9 Å². The first-order valence-corrected chi connectivity index (χ1v) is 8.80. The molecule has 0 aliphatic heterocycles. The number of alkyl halides is 2. The van der Waals surface area contributed by atoms with Crippen LogP contribution in [-0.4, -0.2) is 46.8 Å². The maximum Gasteiger partial charge on any atom is 0.283 e. The first-order valence-electron chi connectivity index (χ1n) is 8.01. The van der Waals surface area contributed by atoms with Gasteiger partial charge >= 0.3 is 0 Å². The molecule has 1 aliphatic rings. The fourth-order valence-electron chi connectivity index (χ4n) is 2.56. The van der Waals surface area contributed by atoms with E-state index in [2.05, 4.69) is 45.1 Å². The van der Waals surface area contributed by atoms with Crippen molar-refractivity contribution in [3.63, 3.8) is 0 Å². The molecule has 2 rings (SSSR count). The average molecular weight is 393 g/mol. The van der Waals surface area contributed by atoms with E-state index in [0.29, 0.717) is 11.0 Å². The normalized spacial score (nSPS) is 14.7. The second-order valence-corrected chi connectivity index (χ2v) is 6.49. The summed E-state index contributed by atoms with van der Waals surface area (Å²) in [5, 5.41) is 6.77. The maximum absolute atomic E-state index is 13.0. The van der Waals surface area contributed by atoms with Crippen LogP contribution < -0.4 is 5.32 Å². The fraction of sp³-hybridized carbons (Fsp3) is 0.733. The van der Waals surface area contributed by atoms with Gasteiger partial charge in [0.2, 0.25) is 5.91 Å². The maximum atomic E-state index is 13.0. The molecule has 1 saturated carbocycles. The standard InChI is InChI=1S/C15H23BrF2N4O/c1-3-21(4-2)8-7-19-11(23)9-22-14(10-5-6-10)12(16)13(20-22)15(17)18/h10,15H,3-9H2,1-2H3,(H,19,23). The fourth-order valence-corrected chi connectivity index (χ4v) is 3.35. The minimum atomic E-state index is -2.64. The van der Waals surface area contributed by atoms with E-state index >= 15 is 0 Å². The van der Waals surface area contributed by atoms with Gasteiger partial charge < -0.3 is 10.2 Å². The van der Waals surface area contributed by atoms with E-state index in [-0.39, 0.29) is 24.1 Å². The van der Waals surface area contributed by atoms with E-state index in [1.807, 2.05) is 0 Å². The third-order valence-electron chi connectivity index (χ3n) is 4.07. The predicted octanol–water partition coefficient (Wildman–Crippen LogP) is 2.92. The molecule has 1 fully saturated rings. The number of likely N-dealkylation sites (N-methyl/N-ethyl adjacent to an activating group) is 1. The van der Waals surface area contributed by atoms with Crippen molar-refractivity contribution >= 4 is 21.8 Å². The summed E-state index contributed by atoms with van der Waals surface area (Å²) >= 11 is 3.22. The van der Waals surface area contributed by atoms with E-state index in [1.54, 1.807) is 0 Å². The molecule has 23 heavy (non-hydrogen) atoms. The van der Waals surface area contributed by atoms with Crippen LogP contribution in [0.2, 0.25) is 0 Å². The number of halogens is 3. The molecular weight excluding hydrogens is 370 g/mol. The Morgan fingerprint density at radius 2 is 2.09 bits per heavy atom. The summed E-state index contributed by atoms with van der Waals surface area (Å²) in [4.78, 5) is 14.3. The lowest BCUT2D eigenvalue weighted by Gasteiger charge is -2.18. The van der Waals surface area contributed by atoms with Crippen LogP contribution in [0, 0.1) is 0 Å². The van der Waals surface area contributed by atoms with Crippen molar-refractivity contribution in [2.24, 2.45) is 0 Å². The molecule has 0 spiro atoms. The van der Waals surface area contributed by atoms with E-state index in [1.165, 1.54) is 4.68 Å². The van der Waals surface area contributed by atoms with Crippen LogP contribution in [-0.2, 0) is 11.3 Å². The molecule has 1 aromatic heterocycles. The van der Waals surface area contributed by atoms with Crippen LogP contribution in [0.4, 0.5) is 8.78 Å². The van der Waals surface area contributed by atoms with Gasteiger partial charge in [-0.2, -0.15) is 5.10 Å². The Labute approximate surface area is 143 Å². The number of aromatic nitrogens is 2. The lowest BCUT2D eigenvalue weighted by molar-refractivity contribution is -0.121. The molecule has 0 unspecified atom stereocenters. The predicted molar refractivity (Wildman–Crippen MR) is 87.7 cm³/mol. The molecule has 8 heteroatoms. The molecule has 130 valence electrons. The molecule has 0 atom stereocenters. The van der Waals surface area contributed by atoms with Crippen molar-refractivity contribution in [3.8, 4) is 0 Å². The lowest BCUT2D eigenvalue weighted by atomic mass is 10.2. The Hall–Kier alpha value is -1.02. The van der Waals surface area contributed by atoms with Crippen molar-refractivity contribution < 1.29 is 13.6 Å². The summed E-state index contributed by atoms with van der Waals surface area (Å²) in [5.74, 6) is 0.0303. The van der Waals surface area contributed by atoms with Gasteiger partial charge in [0.1, 0.15) is 12.2 Å². The monoisotopic (exact) mass is 392 g/mol. The first kappa shape index (κ1) is 18.3. The van der Waals surface area contributed by atoms with Gasteiger partial charge in [-0.15, -0.1) is 0 Å². The molecule has 0 radical (unpaired) electrons. The van der Waals surface area contributed by atoms with E-state index in [0.717, 1.165) is 38.2 Å². The number of carbonyl (C=O) groups excluding carboxylic acids is 1. The van der Waals surface area contributed by atoms with Crippen molar-refractivity contribution in [2.45, 2.75) is 45.6 Å². The molecule has 1 aliphatic carbocycles. The second kappa shape index (κ2) is 8.19. The highest BCUT2D eigenvalue weighted by Crippen LogP contribution is 2.45. The highest BCUT2D eigenvalue weighted by Gasteiger charge is 2.34. The Morgan fingerprint density at radius 1 is 1.43 bits per heavy atom. The quantitative estimate of drug-likeness (QED) is 0.702. The molecular formula is C15H23BrF2N4O. The third kappa shape index (κ3) is 4.73. The second-order valence-electron chi connectivity index (χ2n) is 5.69. The smallest absolute Gasteiger partial charge is 0.283 e. The van der Waals surface area contributed by atoms with Gasteiger partial charge in [-0.25, -0.2) is 8.78 Å². The Balaban J connectivity index is 1.96. The highest BCUT2D eigenvalue weighted by molar-refractivity contribution is 9.10. The number of rotatable bonds is 9. The van der Waals surface area contributed by atoms with Gasteiger partial charge in [0.15, 0.2) is 0 Å². The van der Waals surface area contributed by atoms with E-state index in [9.17, 15) is 13.6 Å². The minimum Gasteiger partial charge on any atom is -0.353 e. The molecule has 0 aromatic carbocycles. The van der Waals surface area contributed by atoms with Crippen LogP contribution in [0.5, 0.6) is 0 Å². The zero-order valence-corrected chi connectivity index (χ0v) is 15.1. The SMILES string of the molecule is CCN(CC)CCNC(=O)Cn1nc(C(F)F)c(Br)c1C1CC1. The molecule has 0 saturated heterocycles. The number of nitrogens with zero attached hydrogens (tertiary/aromatic N) is 3. The molecule has 1 amide bonds. The molecule has 1 N–H and O–H groups in total. The van der Waals surface area contributed by atoms with Crippen LogP contribution >= 0.6 is 15.9 Å². The van der Waals surface area contributed by atoms with Crippen LogP contribution in [0.1, 0.15) is 50.4 Å². The van der Waals surface area contributed by atoms with Crippen LogP contribution in [0.15, 0.2) is 4.47 Å². The average Bonchev–Trinajstić information content (AvgIpc) is 3.28. The molecule has 1 aromatic rings. The summed E-state index contributed by atoms with van der Waals surface area (Å²) in [6.45, 7) is 7.31. The number of amides is 1. The van der Waals surface area contributed by atoms with Gasteiger partial charge in [0.25, 0.3) is 6.43 Å². The van der Waals surface area contributed by atoms with E-state index in [4.69, 9.17) is 0 Å². The third-order valence-corrected chi connectivity index (χ3v) is 4.88. The van der Waals surface area contributed by atoms with Gasteiger partial charge in [-0.1, -0.05) is 13.8 Å². The van der Waals surface area contributed by atoms with E-state index < -0.39 is 6.43 Å². The van der Waals surface area contributed by atoms with Crippen molar-refractivity contribution in [1.29, 1.82) is 0 Å². The van der Waals surface area contributed by atoms with Gasteiger partial charge in [0.05, 0.1) is 10.2 Å². The summed E-state index contributed by atoms with van der Waals surface area (Å²) in [5.41, 5.74) is 0.446. The Bertz CT molecular complexity index is 542. The Morgan fingerprint density at radius 3 is 2.61 bits per heavy atom. The topological polar surface area (TPSA) is 50.2 Å². The van der Waals surface area contributed by atoms with Crippen molar-refractivity contribution in [1.82, 2.24) is 20.0 Å². The van der Waals surface area contributed by atoms with Gasteiger partial charge in [0, 0.05) is 19.0 Å². The number of nitrogens with one attached hydrogen (secondary N) is 1. The summed E-state index contributed by atoms with van der Waals surface area (Å²) in [6.07, 6.45) is -0.735. The molecule has 0 bridgehead atoms. The minimum absolute atomic E-state index is 0.0184. The summed E-state index contributed by atoms with van der Waals surface area (Å²) < 4.78 is 27.8. The zero-order valence-electron chi connectivity index (χ0n) is 13.5. The number of hydrogen-bond donors (Lipinski definition) is 1. The van der Waals surface area contributed by atoms with Crippen LogP contribution in [0.25, 0.3) is 0 Å². The van der Waals surface area contributed by atoms with Crippen molar-refractivity contribution in [2.75, 3.05) is 26.2 Å². The number of hydrogen-bond acceptors (Lipinski definition) is 3. The zero-order chi connectivity index (χ0) is 17.0. The van der Waals surface area contributed by atoms with Gasteiger partial charge in [-0.3, -0.25) is 9.48 Å². The summed E-state index contributed by atoms with van der Waals surface area (Å²) in [6, 6.07) is 0. The Kier molecular flexibility index (Phi) is 6.52. The van der Waals surface area contributed by atoms with Crippen LogP contribution in [0.3, 0.4) is 0 Å². The summed E-state index contributed by atoms with van der Waals surface area (Å²) in [7, 11) is 0. The molecule has 5 nitrogen and oxygen atoms in total. The first-order chi connectivity index (χ1) is 11.0. The number of carbonyl (C=O) groups is 1. The lowest BCUT2D eigenvalue weighted by Crippen LogP contribution is -2.36. The largest absolute Gasteiger partial charge is 0.353 e. The highest BCUT2D eigenvalue weighted by atomic mass is 79.9. The molecule has 1 heterocycles.